The van der Waals surface area contributed by atoms with Crippen LogP contribution in [0.2, 0.25) is 0 Å². The zero-order valence-corrected chi connectivity index (χ0v) is 10.5. The first-order valence-electron chi connectivity index (χ1n) is 5.89. The number of nitrogen functional groups attached to an aromatic ring is 1. The molecular weight excluding hydrogens is 283 g/mol. The Morgan fingerprint density at radius 3 is 2.19 bits per heavy atom. The molecule has 0 amide bonds. The number of benzene rings is 2. The van der Waals surface area contributed by atoms with Gasteiger partial charge in [0.25, 0.3) is 5.89 Å². The summed E-state index contributed by atoms with van der Waals surface area (Å²) in [7, 11) is 0. The Labute approximate surface area is 117 Å². The van der Waals surface area contributed by atoms with Gasteiger partial charge in [0.15, 0.2) is 0 Å². The summed E-state index contributed by atoms with van der Waals surface area (Å²) in [6.45, 7) is 0. The molecule has 0 bridgehead atoms. The van der Waals surface area contributed by atoms with Crippen LogP contribution in [0.1, 0.15) is 0 Å². The molecule has 0 aliphatic heterocycles. The van der Waals surface area contributed by atoms with Crippen LogP contribution in [0.3, 0.4) is 0 Å². The Kier molecular flexibility index (Phi) is 3.09. The van der Waals surface area contributed by atoms with E-state index in [0.29, 0.717) is 23.4 Å². The zero-order chi connectivity index (χ0) is 15.0. The van der Waals surface area contributed by atoms with Gasteiger partial charge in [-0.15, -0.1) is 0 Å². The van der Waals surface area contributed by atoms with Crippen molar-refractivity contribution >= 4 is 5.69 Å². The Hall–Kier alpha value is -2.83. The average molecular weight is 291 g/mol. The lowest BCUT2D eigenvalue weighted by Crippen LogP contribution is -1.92. The van der Waals surface area contributed by atoms with Crippen molar-refractivity contribution in [3.63, 3.8) is 0 Å². The summed E-state index contributed by atoms with van der Waals surface area (Å²) in [5, 5.41) is 3.64. The van der Waals surface area contributed by atoms with Crippen LogP contribution in [0.5, 0.6) is 0 Å². The van der Waals surface area contributed by atoms with Crippen molar-refractivity contribution in [2.75, 3.05) is 5.73 Å². The fraction of sp³-hybridized carbons (Fsp3) is 0. The fourth-order valence-corrected chi connectivity index (χ4v) is 1.82. The summed E-state index contributed by atoms with van der Waals surface area (Å²) in [4.78, 5) is 3.91. The van der Waals surface area contributed by atoms with Crippen molar-refractivity contribution < 1.29 is 17.7 Å². The van der Waals surface area contributed by atoms with Crippen LogP contribution in [-0.2, 0) is 0 Å². The van der Waals surface area contributed by atoms with Crippen LogP contribution < -0.4 is 5.73 Å². The highest BCUT2D eigenvalue weighted by molar-refractivity contribution is 5.62. The minimum atomic E-state index is -1.11. The van der Waals surface area contributed by atoms with Crippen LogP contribution in [0.15, 0.2) is 40.9 Å². The van der Waals surface area contributed by atoms with Gasteiger partial charge in [-0.25, -0.2) is 13.2 Å². The summed E-state index contributed by atoms with van der Waals surface area (Å²) in [6, 6.07) is 7.63. The third kappa shape index (κ3) is 2.45. The maximum atomic E-state index is 13.6. The lowest BCUT2D eigenvalue weighted by molar-refractivity contribution is 0.425. The van der Waals surface area contributed by atoms with Gasteiger partial charge in [0.2, 0.25) is 5.82 Å². The number of nitrogens with zero attached hydrogens (tertiary/aromatic N) is 2. The highest BCUT2D eigenvalue weighted by Gasteiger charge is 2.20. The smallest absolute Gasteiger partial charge is 0.264 e. The van der Waals surface area contributed by atoms with E-state index in [2.05, 4.69) is 10.1 Å². The van der Waals surface area contributed by atoms with Gasteiger partial charge in [-0.3, -0.25) is 0 Å². The van der Waals surface area contributed by atoms with Gasteiger partial charge in [0, 0.05) is 23.4 Å². The summed E-state index contributed by atoms with van der Waals surface area (Å²) in [5.74, 6) is -3.46. The minimum Gasteiger partial charge on any atom is -0.399 e. The lowest BCUT2D eigenvalue weighted by atomic mass is 10.2. The highest BCUT2D eigenvalue weighted by Crippen LogP contribution is 2.27. The van der Waals surface area contributed by atoms with Crippen LogP contribution in [0.25, 0.3) is 22.8 Å². The van der Waals surface area contributed by atoms with Gasteiger partial charge in [0.1, 0.15) is 23.0 Å². The number of nitrogens with two attached hydrogens (primary N) is 1. The first-order valence-corrected chi connectivity index (χ1v) is 5.89. The first-order chi connectivity index (χ1) is 10.0. The molecule has 1 heterocycles. The quantitative estimate of drug-likeness (QED) is 0.735. The van der Waals surface area contributed by atoms with Crippen LogP contribution in [0, 0.1) is 17.5 Å². The van der Waals surface area contributed by atoms with E-state index in [4.69, 9.17) is 10.3 Å². The minimum absolute atomic E-state index is 0.146. The molecule has 4 nitrogen and oxygen atoms in total. The summed E-state index contributed by atoms with van der Waals surface area (Å²) >= 11 is 0. The molecule has 0 saturated carbocycles. The molecule has 0 spiro atoms. The van der Waals surface area contributed by atoms with Crippen molar-refractivity contribution in [2.24, 2.45) is 0 Å². The zero-order valence-electron chi connectivity index (χ0n) is 10.5. The SMILES string of the molecule is Nc1ccc(-c2noc(-c3c(F)cc(F)cc3F)n2)cc1. The molecule has 0 aliphatic carbocycles. The Morgan fingerprint density at radius 2 is 1.57 bits per heavy atom. The average Bonchev–Trinajstić information content (AvgIpc) is 2.87. The predicted molar refractivity (Wildman–Crippen MR) is 69.5 cm³/mol. The maximum absolute atomic E-state index is 13.6. The predicted octanol–water partition coefficient (Wildman–Crippen LogP) is 3.40. The Bertz CT molecular complexity index is 776. The van der Waals surface area contributed by atoms with Gasteiger partial charge in [-0.2, -0.15) is 4.98 Å². The second kappa shape index (κ2) is 4.93. The standard InChI is InChI=1S/C14H8F3N3O/c15-8-5-10(16)12(11(17)6-8)14-19-13(20-21-14)7-1-3-9(18)4-2-7/h1-6H,18H2. The molecule has 3 rings (SSSR count). The molecule has 106 valence electrons. The van der Waals surface area contributed by atoms with E-state index >= 15 is 0 Å². The Balaban J connectivity index is 2.05. The molecule has 2 N–H and O–H groups in total. The van der Waals surface area contributed by atoms with E-state index < -0.39 is 23.0 Å². The number of hydrogen-bond donors (Lipinski definition) is 1. The molecule has 2 aromatic carbocycles. The van der Waals surface area contributed by atoms with Crippen LogP contribution in [0.4, 0.5) is 18.9 Å². The van der Waals surface area contributed by atoms with Gasteiger partial charge in [-0.1, -0.05) is 5.16 Å². The van der Waals surface area contributed by atoms with Gasteiger partial charge in [0.05, 0.1) is 0 Å². The normalized spacial score (nSPS) is 10.8. The summed E-state index contributed by atoms with van der Waals surface area (Å²) in [5.41, 5.74) is 6.12. The van der Waals surface area contributed by atoms with E-state index in [-0.39, 0.29) is 11.7 Å². The van der Waals surface area contributed by atoms with Crippen LogP contribution in [-0.4, -0.2) is 10.1 Å². The van der Waals surface area contributed by atoms with Crippen molar-refractivity contribution in [2.45, 2.75) is 0 Å². The van der Waals surface area contributed by atoms with E-state index in [9.17, 15) is 13.2 Å². The highest BCUT2D eigenvalue weighted by atomic mass is 19.1. The maximum Gasteiger partial charge on any atom is 0.264 e. The number of rotatable bonds is 2. The summed E-state index contributed by atoms with van der Waals surface area (Å²) < 4.78 is 45.0. The topological polar surface area (TPSA) is 64.9 Å². The second-order valence-electron chi connectivity index (χ2n) is 4.29. The van der Waals surface area contributed by atoms with Gasteiger partial charge in [-0.05, 0) is 24.3 Å². The van der Waals surface area contributed by atoms with Gasteiger partial charge >= 0.3 is 0 Å². The monoisotopic (exact) mass is 291 g/mol. The van der Waals surface area contributed by atoms with E-state index in [1.165, 1.54) is 0 Å². The van der Waals surface area contributed by atoms with Crippen LogP contribution >= 0.6 is 0 Å². The number of hydrogen-bond acceptors (Lipinski definition) is 4. The molecule has 1 aromatic heterocycles. The number of anilines is 1. The first kappa shape index (κ1) is 13.2. The van der Waals surface area contributed by atoms with E-state index in [1.807, 2.05) is 0 Å². The molecule has 0 radical (unpaired) electrons. The third-order valence-corrected chi connectivity index (χ3v) is 2.82. The molecule has 0 unspecified atom stereocenters. The van der Waals surface area contributed by atoms with E-state index in [0.717, 1.165) is 0 Å². The number of aromatic nitrogens is 2. The second-order valence-corrected chi connectivity index (χ2v) is 4.29. The molecule has 21 heavy (non-hydrogen) atoms. The summed E-state index contributed by atoms with van der Waals surface area (Å²) in [6.07, 6.45) is 0. The molecule has 7 heteroatoms. The van der Waals surface area contributed by atoms with Crippen molar-refractivity contribution in [1.29, 1.82) is 0 Å². The molecular formula is C14H8F3N3O. The molecule has 0 atom stereocenters. The van der Waals surface area contributed by atoms with Crippen molar-refractivity contribution in [3.05, 3.63) is 53.8 Å². The third-order valence-electron chi connectivity index (χ3n) is 2.82. The van der Waals surface area contributed by atoms with Crippen molar-refractivity contribution in [1.82, 2.24) is 10.1 Å². The van der Waals surface area contributed by atoms with Gasteiger partial charge < -0.3 is 10.3 Å². The van der Waals surface area contributed by atoms with E-state index in [1.54, 1.807) is 24.3 Å². The Morgan fingerprint density at radius 1 is 0.952 bits per heavy atom. The lowest BCUT2D eigenvalue weighted by Gasteiger charge is -1.99. The molecule has 0 saturated heterocycles. The largest absolute Gasteiger partial charge is 0.399 e. The van der Waals surface area contributed by atoms with Crippen molar-refractivity contribution in [3.8, 4) is 22.8 Å². The molecule has 0 fully saturated rings. The molecule has 3 aromatic rings. The fourth-order valence-electron chi connectivity index (χ4n) is 1.82. The molecule has 0 aliphatic rings. The number of halogens is 3.